The number of aromatic amines is 1. The Labute approximate surface area is 102 Å². The van der Waals surface area contributed by atoms with Gasteiger partial charge in [-0.25, -0.2) is 4.98 Å². The molecular weight excluding hydrogens is 238 g/mol. The van der Waals surface area contributed by atoms with Crippen LogP contribution in [0.15, 0.2) is 10.2 Å². The fourth-order valence-corrected chi connectivity index (χ4v) is 2.29. The number of nitrogens with zero attached hydrogens (tertiary/aromatic N) is 2. The van der Waals surface area contributed by atoms with Gasteiger partial charge in [0.2, 0.25) is 5.88 Å². The summed E-state index contributed by atoms with van der Waals surface area (Å²) in [6, 6.07) is 0. The van der Waals surface area contributed by atoms with Crippen molar-refractivity contribution in [3.8, 4) is 16.7 Å². The maximum atomic E-state index is 11.8. The van der Waals surface area contributed by atoms with Crippen molar-refractivity contribution in [2.45, 2.75) is 26.7 Å². The average molecular weight is 251 g/mol. The number of H-pyrrole nitrogens is 1. The third-order valence-corrected chi connectivity index (χ3v) is 3.30. The number of hydrogen-bond acceptors (Lipinski definition) is 5. The molecule has 2 N–H and O–H groups in total. The summed E-state index contributed by atoms with van der Waals surface area (Å²) < 4.78 is 0. The van der Waals surface area contributed by atoms with Crippen molar-refractivity contribution in [1.82, 2.24) is 15.0 Å². The summed E-state index contributed by atoms with van der Waals surface area (Å²) >= 11 is 1.38. The Morgan fingerprint density at radius 1 is 1.41 bits per heavy atom. The van der Waals surface area contributed by atoms with Gasteiger partial charge in [-0.15, -0.1) is 11.3 Å². The van der Waals surface area contributed by atoms with Crippen molar-refractivity contribution in [3.05, 3.63) is 27.0 Å². The Morgan fingerprint density at radius 2 is 2.12 bits per heavy atom. The summed E-state index contributed by atoms with van der Waals surface area (Å²) in [6.45, 7) is 5.53. The zero-order valence-corrected chi connectivity index (χ0v) is 10.6. The summed E-state index contributed by atoms with van der Waals surface area (Å²) in [4.78, 5) is 22.7. The van der Waals surface area contributed by atoms with E-state index in [1.165, 1.54) is 11.3 Å². The second kappa shape index (κ2) is 4.29. The molecule has 0 fully saturated rings. The number of nitrogens with one attached hydrogen (secondary N) is 1. The number of hydrogen-bond donors (Lipinski definition) is 2. The first kappa shape index (κ1) is 11.8. The van der Waals surface area contributed by atoms with Gasteiger partial charge in [-0.1, -0.05) is 13.8 Å². The SMILES string of the molecule is Cc1csc(-c2nc(O)c(C(C)C)c(=O)[nH]2)n1. The van der Waals surface area contributed by atoms with Crippen molar-refractivity contribution in [1.29, 1.82) is 0 Å². The topological polar surface area (TPSA) is 78.9 Å². The minimum absolute atomic E-state index is 0.0710. The van der Waals surface area contributed by atoms with E-state index in [0.717, 1.165) is 5.69 Å². The second-order valence-corrected chi connectivity index (χ2v) is 4.96. The van der Waals surface area contributed by atoms with Gasteiger partial charge in [-0.3, -0.25) is 4.79 Å². The minimum atomic E-state index is -0.310. The first-order chi connectivity index (χ1) is 7.99. The molecule has 0 saturated carbocycles. The molecular formula is C11H13N3O2S. The molecule has 0 radical (unpaired) electrons. The first-order valence-electron chi connectivity index (χ1n) is 5.24. The quantitative estimate of drug-likeness (QED) is 0.856. The highest BCUT2D eigenvalue weighted by molar-refractivity contribution is 7.13. The Morgan fingerprint density at radius 3 is 2.59 bits per heavy atom. The molecule has 0 aliphatic rings. The molecule has 0 aliphatic carbocycles. The van der Waals surface area contributed by atoms with Crippen LogP contribution in [0.2, 0.25) is 0 Å². The minimum Gasteiger partial charge on any atom is -0.493 e. The van der Waals surface area contributed by atoms with Crippen LogP contribution in [0.25, 0.3) is 10.8 Å². The Bertz CT molecular complexity index is 601. The molecule has 5 nitrogen and oxygen atoms in total. The zero-order chi connectivity index (χ0) is 12.6. The second-order valence-electron chi connectivity index (χ2n) is 4.10. The molecule has 2 aromatic heterocycles. The molecule has 0 bridgehead atoms. The number of thiazole rings is 1. The van der Waals surface area contributed by atoms with Crippen LogP contribution < -0.4 is 5.56 Å². The van der Waals surface area contributed by atoms with Crippen LogP contribution in [0.5, 0.6) is 5.88 Å². The van der Waals surface area contributed by atoms with Crippen LogP contribution in [0, 0.1) is 6.92 Å². The molecule has 0 unspecified atom stereocenters. The molecule has 17 heavy (non-hydrogen) atoms. The van der Waals surface area contributed by atoms with Crippen LogP contribution in [-0.4, -0.2) is 20.1 Å². The third-order valence-electron chi connectivity index (χ3n) is 2.33. The lowest BCUT2D eigenvalue weighted by Gasteiger charge is -2.06. The fraction of sp³-hybridized carbons (Fsp3) is 0.364. The van der Waals surface area contributed by atoms with Gasteiger partial charge in [0.25, 0.3) is 5.56 Å². The lowest BCUT2D eigenvalue weighted by atomic mass is 10.1. The van der Waals surface area contributed by atoms with Crippen molar-refractivity contribution >= 4 is 11.3 Å². The Balaban J connectivity index is 2.57. The van der Waals surface area contributed by atoms with E-state index in [1.807, 2.05) is 26.2 Å². The van der Waals surface area contributed by atoms with Gasteiger partial charge in [0.1, 0.15) is 0 Å². The van der Waals surface area contributed by atoms with Crippen molar-refractivity contribution in [2.75, 3.05) is 0 Å². The lowest BCUT2D eigenvalue weighted by Crippen LogP contribution is -2.16. The molecule has 0 aliphatic heterocycles. The Hall–Kier alpha value is -1.69. The normalized spacial score (nSPS) is 11.1. The average Bonchev–Trinajstić information content (AvgIpc) is 2.63. The Kier molecular flexibility index (Phi) is 2.97. The smallest absolute Gasteiger partial charge is 0.258 e. The maximum absolute atomic E-state index is 11.8. The van der Waals surface area contributed by atoms with Gasteiger partial charge in [-0.2, -0.15) is 4.98 Å². The molecule has 2 heterocycles. The number of aromatic hydroxyl groups is 1. The summed E-state index contributed by atoms with van der Waals surface area (Å²) in [5.41, 5.74) is 0.859. The molecule has 0 spiro atoms. The molecule has 6 heteroatoms. The van der Waals surface area contributed by atoms with Crippen molar-refractivity contribution < 1.29 is 5.11 Å². The molecule has 0 amide bonds. The van der Waals surface area contributed by atoms with Gasteiger partial charge in [0, 0.05) is 11.1 Å². The van der Waals surface area contributed by atoms with Gasteiger partial charge in [0.15, 0.2) is 10.8 Å². The molecule has 0 saturated heterocycles. The molecule has 90 valence electrons. The fourth-order valence-electron chi connectivity index (χ4n) is 1.55. The summed E-state index contributed by atoms with van der Waals surface area (Å²) in [7, 11) is 0. The zero-order valence-electron chi connectivity index (χ0n) is 9.81. The highest BCUT2D eigenvalue weighted by Gasteiger charge is 2.15. The van der Waals surface area contributed by atoms with Crippen LogP contribution in [0.4, 0.5) is 0 Å². The molecule has 2 rings (SSSR count). The largest absolute Gasteiger partial charge is 0.493 e. The summed E-state index contributed by atoms with van der Waals surface area (Å²) in [5, 5.41) is 12.2. The van der Waals surface area contributed by atoms with E-state index in [9.17, 15) is 9.90 Å². The third kappa shape index (κ3) is 2.21. The first-order valence-corrected chi connectivity index (χ1v) is 6.12. The molecule has 0 aromatic carbocycles. The predicted molar refractivity (Wildman–Crippen MR) is 66.5 cm³/mol. The van der Waals surface area contributed by atoms with E-state index in [0.29, 0.717) is 16.4 Å². The summed E-state index contributed by atoms with van der Waals surface area (Å²) in [6.07, 6.45) is 0. The van der Waals surface area contributed by atoms with Crippen molar-refractivity contribution in [2.24, 2.45) is 0 Å². The van der Waals surface area contributed by atoms with E-state index < -0.39 is 0 Å². The number of aryl methyl sites for hydroxylation is 1. The highest BCUT2D eigenvalue weighted by Crippen LogP contribution is 2.24. The summed E-state index contributed by atoms with van der Waals surface area (Å²) in [5.74, 6) is 0.0277. The van der Waals surface area contributed by atoms with Crippen LogP contribution >= 0.6 is 11.3 Å². The van der Waals surface area contributed by atoms with Crippen molar-refractivity contribution in [3.63, 3.8) is 0 Å². The highest BCUT2D eigenvalue weighted by atomic mass is 32.1. The lowest BCUT2D eigenvalue weighted by molar-refractivity contribution is 0.440. The molecule has 0 atom stereocenters. The standard InChI is InChI=1S/C11H13N3O2S/c1-5(2)7-9(15)13-8(14-10(7)16)11-12-6(3)4-17-11/h4-5H,1-3H3,(H2,13,14,15,16). The van der Waals surface area contributed by atoms with E-state index in [1.54, 1.807) is 0 Å². The van der Waals surface area contributed by atoms with E-state index in [-0.39, 0.29) is 17.4 Å². The van der Waals surface area contributed by atoms with Gasteiger partial charge in [0.05, 0.1) is 5.56 Å². The van der Waals surface area contributed by atoms with E-state index in [4.69, 9.17) is 0 Å². The molecule has 2 aromatic rings. The number of aromatic nitrogens is 3. The monoisotopic (exact) mass is 251 g/mol. The predicted octanol–water partition coefficient (Wildman–Crippen LogP) is 2.03. The van der Waals surface area contributed by atoms with E-state index >= 15 is 0 Å². The van der Waals surface area contributed by atoms with E-state index in [2.05, 4.69) is 15.0 Å². The van der Waals surface area contributed by atoms with Gasteiger partial charge >= 0.3 is 0 Å². The van der Waals surface area contributed by atoms with Crippen LogP contribution in [0.3, 0.4) is 0 Å². The maximum Gasteiger partial charge on any atom is 0.258 e. The van der Waals surface area contributed by atoms with Crippen LogP contribution in [0.1, 0.15) is 31.0 Å². The van der Waals surface area contributed by atoms with Gasteiger partial charge in [-0.05, 0) is 12.8 Å². The van der Waals surface area contributed by atoms with Crippen LogP contribution in [-0.2, 0) is 0 Å². The van der Waals surface area contributed by atoms with Gasteiger partial charge < -0.3 is 10.1 Å². The number of rotatable bonds is 2.